The van der Waals surface area contributed by atoms with Crippen molar-refractivity contribution in [2.24, 2.45) is 12.9 Å². The van der Waals surface area contributed by atoms with Gasteiger partial charge in [-0.15, -0.1) is 0 Å². The van der Waals surface area contributed by atoms with E-state index < -0.39 is 0 Å². The standard InChI is InChI=1S/C13H16N4/c1-17-8-10(7-15-17)13(16-14)12-6-9-4-2-3-5-11(9)12/h2-5,7-8,12-13,16H,6,14H2,1H3. The van der Waals surface area contributed by atoms with Crippen molar-refractivity contribution < 1.29 is 0 Å². The van der Waals surface area contributed by atoms with Gasteiger partial charge >= 0.3 is 0 Å². The Morgan fingerprint density at radius 2 is 2.29 bits per heavy atom. The Morgan fingerprint density at radius 1 is 1.47 bits per heavy atom. The second kappa shape index (κ2) is 3.98. The van der Waals surface area contributed by atoms with E-state index in [1.165, 1.54) is 11.1 Å². The van der Waals surface area contributed by atoms with E-state index in [2.05, 4.69) is 34.8 Å². The smallest absolute Gasteiger partial charge is 0.0562 e. The van der Waals surface area contributed by atoms with Crippen LogP contribution in [0.1, 0.15) is 28.7 Å². The summed E-state index contributed by atoms with van der Waals surface area (Å²) in [7, 11) is 1.92. The minimum Gasteiger partial charge on any atom is -0.275 e. The number of rotatable bonds is 3. The van der Waals surface area contributed by atoms with Crippen LogP contribution in [0.15, 0.2) is 36.7 Å². The zero-order valence-corrected chi connectivity index (χ0v) is 9.80. The van der Waals surface area contributed by atoms with E-state index in [4.69, 9.17) is 5.84 Å². The molecule has 0 saturated carbocycles. The van der Waals surface area contributed by atoms with Crippen LogP contribution >= 0.6 is 0 Å². The molecule has 1 aromatic heterocycles. The van der Waals surface area contributed by atoms with Crippen LogP contribution in [0.25, 0.3) is 0 Å². The number of nitrogens with two attached hydrogens (primary N) is 1. The third kappa shape index (κ3) is 1.66. The number of benzene rings is 1. The summed E-state index contributed by atoms with van der Waals surface area (Å²) < 4.78 is 1.81. The van der Waals surface area contributed by atoms with Crippen LogP contribution in [0.3, 0.4) is 0 Å². The Morgan fingerprint density at radius 3 is 2.94 bits per heavy atom. The molecule has 0 saturated heterocycles. The predicted octanol–water partition coefficient (Wildman–Crippen LogP) is 1.26. The molecule has 1 aromatic carbocycles. The maximum Gasteiger partial charge on any atom is 0.0562 e. The highest BCUT2D eigenvalue weighted by Crippen LogP contribution is 2.42. The van der Waals surface area contributed by atoms with Gasteiger partial charge in [-0.2, -0.15) is 5.10 Å². The first-order valence-electron chi connectivity index (χ1n) is 5.82. The van der Waals surface area contributed by atoms with E-state index in [1.54, 1.807) is 0 Å². The minimum atomic E-state index is 0.151. The molecule has 1 aliphatic rings. The molecule has 0 bridgehead atoms. The molecule has 17 heavy (non-hydrogen) atoms. The number of aromatic nitrogens is 2. The molecule has 0 amide bonds. The predicted molar refractivity (Wildman–Crippen MR) is 66.2 cm³/mol. The molecular weight excluding hydrogens is 212 g/mol. The molecule has 88 valence electrons. The van der Waals surface area contributed by atoms with E-state index in [1.807, 2.05) is 24.1 Å². The van der Waals surface area contributed by atoms with Crippen LogP contribution in [-0.4, -0.2) is 9.78 Å². The molecule has 0 aliphatic heterocycles. The molecule has 2 aromatic rings. The van der Waals surface area contributed by atoms with Gasteiger partial charge in [-0.1, -0.05) is 24.3 Å². The first kappa shape index (κ1) is 10.5. The average Bonchev–Trinajstić information content (AvgIpc) is 2.72. The van der Waals surface area contributed by atoms with Crippen molar-refractivity contribution in [1.82, 2.24) is 15.2 Å². The molecule has 2 atom stereocenters. The Balaban J connectivity index is 1.90. The van der Waals surface area contributed by atoms with Crippen LogP contribution in [-0.2, 0) is 13.5 Å². The summed E-state index contributed by atoms with van der Waals surface area (Å²) >= 11 is 0. The number of hydrogen-bond donors (Lipinski definition) is 2. The molecule has 0 radical (unpaired) electrons. The number of hydrazine groups is 1. The maximum atomic E-state index is 5.69. The lowest BCUT2D eigenvalue weighted by atomic mass is 9.72. The molecule has 4 nitrogen and oxygen atoms in total. The summed E-state index contributed by atoms with van der Waals surface area (Å²) in [4.78, 5) is 0. The number of nitrogens with one attached hydrogen (secondary N) is 1. The highest BCUT2D eigenvalue weighted by atomic mass is 15.3. The largest absolute Gasteiger partial charge is 0.275 e. The Kier molecular flexibility index (Phi) is 2.46. The molecule has 1 heterocycles. The molecule has 0 fully saturated rings. The van der Waals surface area contributed by atoms with Gasteiger partial charge in [-0.25, -0.2) is 0 Å². The van der Waals surface area contributed by atoms with Crippen molar-refractivity contribution in [3.05, 3.63) is 53.3 Å². The van der Waals surface area contributed by atoms with Gasteiger partial charge in [0.2, 0.25) is 0 Å². The molecule has 3 rings (SSSR count). The van der Waals surface area contributed by atoms with Crippen molar-refractivity contribution in [3.63, 3.8) is 0 Å². The minimum absolute atomic E-state index is 0.151. The molecule has 1 aliphatic carbocycles. The Bertz CT molecular complexity index is 532. The Labute approximate surface area is 100 Å². The van der Waals surface area contributed by atoms with Crippen LogP contribution < -0.4 is 11.3 Å². The number of aryl methyl sites for hydroxylation is 1. The van der Waals surface area contributed by atoms with Gasteiger partial charge in [0.25, 0.3) is 0 Å². The molecule has 4 heteroatoms. The highest BCUT2D eigenvalue weighted by Gasteiger charge is 2.33. The average molecular weight is 228 g/mol. The van der Waals surface area contributed by atoms with Gasteiger partial charge in [0.1, 0.15) is 0 Å². The quantitative estimate of drug-likeness (QED) is 0.614. The monoisotopic (exact) mass is 228 g/mol. The first-order chi connectivity index (χ1) is 8.29. The van der Waals surface area contributed by atoms with Crippen molar-refractivity contribution in [3.8, 4) is 0 Å². The summed E-state index contributed by atoms with van der Waals surface area (Å²) in [6.45, 7) is 0. The van der Waals surface area contributed by atoms with Gasteiger partial charge in [0.15, 0.2) is 0 Å². The summed E-state index contributed by atoms with van der Waals surface area (Å²) in [5.74, 6) is 6.15. The van der Waals surface area contributed by atoms with E-state index in [0.717, 1.165) is 12.0 Å². The van der Waals surface area contributed by atoms with Gasteiger partial charge in [0, 0.05) is 24.7 Å². The van der Waals surface area contributed by atoms with Crippen molar-refractivity contribution >= 4 is 0 Å². The fourth-order valence-electron chi connectivity index (χ4n) is 2.64. The molecule has 3 N–H and O–H groups in total. The highest BCUT2D eigenvalue weighted by molar-refractivity contribution is 5.42. The first-order valence-corrected chi connectivity index (χ1v) is 5.82. The SMILES string of the molecule is Cn1cc(C(NN)C2Cc3ccccc32)cn1. The van der Waals surface area contributed by atoms with E-state index in [0.29, 0.717) is 5.92 Å². The summed E-state index contributed by atoms with van der Waals surface area (Å²) in [5, 5.41) is 4.20. The normalized spacial score (nSPS) is 19.5. The second-order valence-electron chi connectivity index (χ2n) is 4.60. The van der Waals surface area contributed by atoms with Gasteiger partial charge in [-0.3, -0.25) is 16.0 Å². The van der Waals surface area contributed by atoms with Gasteiger partial charge < -0.3 is 0 Å². The Hall–Kier alpha value is -1.65. The summed E-state index contributed by atoms with van der Waals surface area (Å²) in [5.41, 5.74) is 6.90. The van der Waals surface area contributed by atoms with Crippen LogP contribution in [0.2, 0.25) is 0 Å². The summed E-state index contributed by atoms with van der Waals surface area (Å²) in [6, 6.07) is 8.69. The fraction of sp³-hybridized carbons (Fsp3) is 0.308. The second-order valence-corrected chi connectivity index (χ2v) is 4.60. The lowest BCUT2D eigenvalue weighted by molar-refractivity contribution is 0.419. The van der Waals surface area contributed by atoms with E-state index >= 15 is 0 Å². The lowest BCUT2D eigenvalue weighted by Gasteiger charge is -2.35. The molecular formula is C13H16N4. The van der Waals surface area contributed by atoms with Crippen LogP contribution in [0.4, 0.5) is 0 Å². The van der Waals surface area contributed by atoms with E-state index in [-0.39, 0.29) is 6.04 Å². The fourth-order valence-corrected chi connectivity index (χ4v) is 2.64. The number of hydrogen-bond acceptors (Lipinski definition) is 3. The zero-order valence-electron chi connectivity index (χ0n) is 9.80. The van der Waals surface area contributed by atoms with E-state index in [9.17, 15) is 0 Å². The van der Waals surface area contributed by atoms with Crippen LogP contribution in [0, 0.1) is 0 Å². The van der Waals surface area contributed by atoms with Gasteiger partial charge in [0.05, 0.1) is 12.2 Å². The van der Waals surface area contributed by atoms with Gasteiger partial charge in [-0.05, 0) is 17.5 Å². The van der Waals surface area contributed by atoms with Crippen molar-refractivity contribution in [1.29, 1.82) is 0 Å². The summed E-state index contributed by atoms with van der Waals surface area (Å²) in [6.07, 6.45) is 4.98. The topological polar surface area (TPSA) is 55.9 Å². The van der Waals surface area contributed by atoms with Crippen LogP contribution in [0.5, 0.6) is 0 Å². The number of fused-ring (bicyclic) bond motifs is 1. The molecule has 2 unspecified atom stereocenters. The van der Waals surface area contributed by atoms with Crippen molar-refractivity contribution in [2.45, 2.75) is 18.4 Å². The molecule has 0 spiro atoms. The third-order valence-corrected chi connectivity index (χ3v) is 3.56. The zero-order chi connectivity index (χ0) is 11.8. The van der Waals surface area contributed by atoms with Crippen molar-refractivity contribution in [2.75, 3.05) is 0 Å². The third-order valence-electron chi connectivity index (χ3n) is 3.56. The number of nitrogens with zero attached hydrogens (tertiary/aromatic N) is 2. The maximum absolute atomic E-state index is 5.69. The lowest BCUT2D eigenvalue weighted by Crippen LogP contribution is -2.36.